The van der Waals surface area contributed by atoms with Crippen molar-refractivity contribution in [2.75, 3.05) is 14.2 Å². The van der Waals surface area contributed by atoms with E-state index in [0.29, 0.717) is 5.75 Å². The molecule has 2 rings (SSSR count). The van der Waals surface area contributed by atoms with Crippen molar-refractivity contribution in [2.24, 2.45) is 0 Å². The zero-order valence-corrected chi connectivity index (χ0v) is 12.7. The lowest BCUT2D eigenvalue weighted by Crippen LogP contribution is -2.22. The van der Waals surface area contributed by atoms with Crippen LogP contribution < -0.4 is 14.8 Å². The van der Waals surface area contributed by atoms with Crippen LogP contribution in [0.1, 0.15) is 15.9 Å². The molecule has 0 aromatic heterocycles. The number of methoxy groups -OCH3 is 2. The van der Waals surface area contributed by atoms with Crippen molar-refractivity contribution in [1.82, 2.24) is 5.32 Å². The number of nitrogens with one attached hydrogen (secondary N) is 1. The standard InChI is InChI=1S/C16H16N2O5/c1-22-13-5-3-4-11(8-13)10-17-16(19)12-6-7-15(23-2)14(9-12)18(20)21/h3-9H,10H2,1-2H3,(H,17,19). The molecule has 0 atom stereocenters. The summed E-state index contributed by atoms with van der Waals surface area (Å²) >= 11 is 0. The fourth-order valence-corrected chi connectivity index (χ4v) is 2.04. The number of rotatable bonds is 6. The molecule has 1 N–H and O–H groups in total. The van der Waals surface area contributed by atoms with Crippen LogP contribution >= 0.6 is 0 Å². The summed E-state index contributed by atoms with van der Waals surface area (Å²) < 4.78 is 10.0. The van der Waals surface area contributed by atoms with Gasteiger partial charge in [0.2, 0.25) is 0 Å². The molecule has 0 bridgehead atoms. The Bertz CT molecular complexity index is 730. The second-order valence-corrected chi connectivity index (χ2v) is 4.68. The Hall–Kier alpha value is -3.09. The van der Waals surface area contributed by atoms with Gasteiger partial charge in [0, 0.05) is 18.2 Å². The van der Waals surface area contributed by atoms with Gasteiger partial charge < -0.3 is 14.8 Å². The highest BCUT2D eigenvalue weighted by molar-refractivity contribution is 5.95. The van der Waals surface area contributed by atoms with E-state index in [2.05, 4.69) is 5.32 Å². The number of nitro groups is 1. The monoisotopic (exact) mass is 316 g/mol. The number of carbonyl (C=O) groups excluding carboxylic acids is 1. The van der Waals surface area contributed by atoms with Gasteiger partial charge in [0.1, 0.15) is 5.75 Å². The van der Waals surface area contributed by atoms with Gasteiger partial charge >= 0.3 is 5.69 Å². The third-order valence-electron chi connectivity index (χ3n) is 3.22. The van der Waals surface area contributed by atoms with Crippen LogP contribution in [0.4, 0.5) is 5.69 Å². The smallest absolute Gasteiger partial charge is 0.311 e. The second kappa shape index (κ2) is 7.26. The first-order chi connectivity index (χ1) is 11.0. The summed E-state index contributed by atoms with van der Waals surface area (Å²) in [5.41, 5.74) is 0.808. The maximum Gasteiger partial charge on any atom is 0.311 e. The third kappa shape index (κ3) is 3.97. The highest BCUT2D eigenvalue weighted by atomic mass is 16.6. The van der Waals surface area contributed by atoms with Gasteiger partial charge in [0.15, 0.2) is 5.75 Å². The van der Waals surface area contributed by atoms with Crippen molar-refractivity contribution in [3.8, 4) is 11.5 Å². The van der Waals surface area contributed by atoms with Crippen LogP contribution in [0.2, 0.25) is 0 Å². The molecule has 7 nitrogen and oxygen atoms in total. The highest BCUT2D eigenvalue weighted by Crippen LogP contribution is 2.27. The minimum absolute atomic E-state index is 0.111. The maximum atomic E-state index is 12.1. The number of carbonyl (C=O) groups is 1. The van der Waals surface area contributed by atoms with E-state index in [1.807, 2.05) is 12.1 Å². The average molecular weight is 316 g/mol. The van der Waals surface area contributed by atoms with E-state index < -0.39 is 10.8 Å². The molecule has 1 amide bonds. The molecule has 0 unspecified atom stereocenters. The number of hydrogen-bond acceptors (Lipinski definition) is 5. The van der Waals surface area contributed by atoms with Gasteiger partial charge in [-0.05, 0) is 29.8 Å². The van der Waals surface area contributed by atoms with Crippen molar-refractivity contribution in [3.63, 3.8) is 0 Å². The molecule has 7 heteroatoms. The van der Waals surface area contributed by atoms with Crippen molar-refractivity contribution in [2.45, 2.75) is 6.54 Å². The molecule has 0 saturated carbocycles. The first kappa shape index (κ1) is 16.3. The van der Waals surface area contributed by atoms with Crippen LogP contribution in [-0.2, 0) is 6.54 Å². The summed E-state index contributed by atoms with van der Waals surface area (Å²) in [5.74, 6) is 0.398. The van der Waals surface area contributed by atoms with Crippen molar-refractivity contribution in [3.05, 3.63) is 63.7 Å². The normalized spacial score (nSPS) is 10.0. The lowest BCUT2D eigenvalue weighted by molar-refractivity contribution is -0.385. The lowest BCUT2D eigenvalue weighted by atomic mass is 10.1. The van der Waals surface area contributed by atoms with Gasteiger partial charge in [0.25, 0.3) is 5.91 Å². The Morgan fingerprint density at radius 2 is 1.96 bits per heavy atom. The summed E-state index contributed by atoms with van der Waals surface area (Å²) in [6.07, 6.45) is 0. The summed E-state index contributed by atoms with van der Waals surface area (Å²) in [6, 6.07) is 11.3. The zero-order chi connectivity index (χ0) is 16.8. The third-order valence-corrected chi connectivity index (χ3v) is 3.22. The van der Waals surface area contributed by atoms with Crippen LogP contribution in [0.3, 0.4) is 0 Å². The maximum absolute atomic E-state index is 12.1. The van der Waals surface area contributed by atoms with Gasteiger partial charge in [0.05, 0.1) is 19.1 Å². The van der Waals surface area contributed by atoms with E-state index in [0.717, 1.165) is 5.56 Å². The fourth-order valence-electron chi connectivity index (χ4n) is 2.04. The Labute approximate surface area is 133 Å². The Balaban J connectivity index is 2.11. The molecule has 2 aromatic rings. The van der Waals surface area contributed by atoms with Gasteiger partial charge in [-0.15, -0.1) is 0 Å². The SMILES string of the molecule is COc1cccc(CNC(=O)c2ccc(OC)c([N+](=O)[O-])c2)c1. The van der Waals surface area contributed by atoms with E-state index in [9.17, 15) is 14.9 Å². The molecule has 0 heterocycles. The number of benzene rings is 2. The fraction of sp³-hybridized carbons (Fsp3) is 0.188. The highest BCUT2D eigenvalue weighted by Gasteiger charge is 2.18. The van der Waals surface area contributed by atoms with Crippen LogP contribution in [0, 0.1) is 10.1 Å². The number of amides is 1. The van der Waals surface area contributed by atoms with Crippen LogP contribution in [0.15, 0.2) is 42.5 Å². The van der Waals surface area contributed by atoms with Gasteiger partial charge in [-0.25, -0.2) is 0 Å². The van der Waals surface area contributed by atoms with Crippen LogP contribution in [-0.4, -0.2) is 25.1 Å². The molecule has 0 spiro atoms. The molecule has 0 saturated heterocycles. The molecule has 0 aliphatic carbocycles. The second-order valence-electron chi connectivity index (χ2n) is 4.68. The van der Waals surface area contributed by atoms with E-state index in [1.54, 1.807) is 19.2 Å². The van der Waals surface area contributed by atoms with Crippen molar-refractivity contribution < 1.29 is 19.2 Å². The average Bonchev–Trinajstić information content (AvgIpc) is 2.59. The molecular weight excluding hydrogens is 300 g/mol. The summed E-state index contributed by atoms with van der Waals surface area (Å²) in [7, 11) is 2.90. The number of nitrogens with zero attached hydrogens (tertiary/aromatic N) is 1. The summed E-state index contributed by atoms with van der Waals surface area (Å²) in [6.45, 7) is 0.288. The Morgan fingerprint density at radius 3 is 2.61 bits per heavy atom. The first-order valence-electron chi connectivity index (χ1n) is 6.78. The number of hydrogen-bond donors (Lipinski definition) is 1. The molecule has 0 aliphatic heterocycles. The number of ether oxygens (including phenoxy) is 2. The predicted molar refractivity (Wildman–Crippen MR) is 83.8 cm³/mol. The molecule has 23 heavy (non-hydrogen) atoms. The lowest BCUT2D eigenvalue weighted by Gasteiger charge is -2.08. The Kier molecular flexibility index (Phi) is 5.14. The minimum Gasteiger partial charge on any atom is -0.497 e. The molecule has 0 fully saturated rings. The summed E-state index contributed by atoms with van der Waals surface area (Å²) in [4.78, 5) is 22.5. The molecule has 120 valence electrons. The van der Waals surface area contributed by atoms with E-state index >= 15 is 0 Å². The minimum atomic E-state index is -0.586. The number of nitro benzene ring substituents is 1. The molecule has 2 aromatic carbocycles. The molecule has 0 radical (unpaired) electrons. The van der Waals surface area contributed by atoms with Crippen molar-refractivity contribution in [1.29, 1.82) is 0 Å². The molecular formula is C16H16N2O5. The first-order valence-corrected chi connectivity index (χ1v) is 6.78. The van der Waals surface area contributed by atoms with Crippen molar-refractivity contribution >= 4 is 11.6 Å². The summed E-state index contributed by atoms with van der Waals surface area (Å²) in [5, 5.41) is 13.7. The van der Waals surface area contributed by atoms with E-state index in [1.165, 1.54) is 25.3 Å². The Morgan fingerprint density at radius 1 is 1.17 bits per heavy atom. The van der Waals surface area contributed by atoms with Gasteiger partial charge in [-0.2, -0.15) is 0 Å². The van der Waals surface area contributed by atoms with E-state index in [-0.39, 0.29) is 23.5 Å². The van der Waals surface area contributed by atoms with Gasteiger partial charge in [-0.1, -0.05) is 12.1 Å². The van der Waals surface area contributed by atoms with E-state index in [4.69, 9.17) is 9.47 Å². The van der Waals surface area contributed by atoms with Crippen LogP contribution in [0.5, 0.6) is 11.5 Å². The zero-order valence-electron chi connectivity index (χ0n) is 12.7. The quantitative estimate of drug-likeness (QED) is 0.653. The molecule has 0 aliphatic rings. The van der Waals surface area contributed by atoms with Crippen LogP contribution in [0.25, 0.3) is 0 Å². The van der Waals surface area contributed by atoms with Gasteiger partial charge in [-0.3, -0.25) is 14.9 Å². The largest absolute Gasteiger partial charge is 0.497 e. The topological polar surface area (TPSA) is 90.7 Å². The predicted octanol–water partition coefficient (Wildman–Crippen LogP) is 2.54.